The predicted molar refractivity (Wildman–Crippen MR) is 112 cm³/mol. The Morgan fingerprint density at radius 1 is 1.37 bits per heavy atom. The van der Waals surface area contributed by atoms with Gasteiger partial charge in [0.05, 0.1) is 16.7 Å². The topological polar surface area (TPSA) is 55.2 Å². The normalized spacial score (nSPS) is 17.7. The number of likely N-dealkylation sites (tertiary alicyclic amines) is 1. The number of piperidine rings is 1. The van der Waals surface area contributed by atoms with Crippen LogP contribution in [0.4, 0.5) is 0 Å². The summed E-state index contributed by atoms with van der Waals surface area (Å²) in [5.74, 6) is 0.709. The standard InChI is InChI=1S/C20H26ClN3O2S/c1-13(2)11-24-19(26)16-10-15(21)7-8-17(16)22-20(24)27-12-18(25)23-9-5-4-6-14(23)3/h7-8,10,13-14H,4-6,9,11-12H2,1-3H3/t14-/m1/s1. The maximum absolute atomic E-state index is 13.0. The number of carbonyl (C=O) groups is 1. The van der Waals surface area contributed by atoms with Gasteiger partial charge in [0.15, 0.2) is 5.16 Å². The lowest BCUT2D eigenvalue weighted by molar-refractivity contribution is -0.131. The van der Waals surface area contributed by atoms with E-state index < -0.39 is 0 Å². The van der Waals surface area contributed by atoms with Gasteiger partial charge in [-0.1, -0.05) is 37.2 Å². The lowest BCUT2D eigenvalue weighted by atomic mass is 10.0. The second kappa shape index (κ2) is 8.65. The number of amides is 1. The maximum atomic E-state index is 13.0. The highest BCUT2D eigenvalue weighted by molar-refractivity contribution is 7.99. The molecule has 0 aliphatic carbocycles. The van der Waals surface area contributed by atoms with E-state index in [-0.39, 0.29) is 17.5 Å². The van der Waals surface area contributed by atoms with Crippen molar-refractivity contribution >= 4 is 40.2 Å². The van der Waals surface area contributed by atoms with Crippen molar-refractivity contribution in [2.24, 2.45) is 5.92 Å². The van der Waals surface area contributed by atoms with Crippen LogP contribution in [0.25, 0.3) is 10.9 Å². The largest absolute Gasteiger partial charge is 0.339 e. The average molecular weight is 408 g/mol. The van der Waals surface area contributed by atoms with Gasteiger partial charge in [-0.05, 0) is 50.3 Å². The van der Waals surface area contributed by atoms with Crippen molar-refractivity contribution in [3.63, 3.8) is 0 Å². The number of hydrogen-bond donors (Lipinski definition) is 0. The van der Waals surface area contributed by atoms with E-state index >= 15 is 0 Å². The van der Waals surface area contributed by atoms with Gasteiger partial charge in [0, 0.05) is 24.2 Å². The van der Waals surface area contributed by atoms with Gasteiger partial charge in [-0.25, -0.2) is 4.98 Å². The molecule has 0 bridgehead atoms. The summed E-state index contributed by atoms with van der Waals surface area (Å²) in [7, 11) is 0. The Morgan fingerprint density at radius 3 is 2.85 bits per heavy atom. The summed E-state index contributed by atoms with van der Waals surface area (Å²) in [5.41, 5.74) is 0.517. The van der Waals surface area contributed by atoms with Crippen LogP contribution in [0.3, 0.4) is 0 Å². The molecule has 27 heavy (non-hydrogen) atoms. The molecule has 1 fully saturated rings. The van der Waals surface area contributed by atoms with Gasteiger partial charge in [-0.3, -0.25) is 14.2 Å². The third-order valence-corrected chi connectivity index (χ3v) is 6.07. The van der Waals surface area contributed by atoms with Crippen molar-refractivity contribution in [3.05, 3.63) is 33.6 Å². The van der Waals surface area contributed by atoms with Crippen LogP contribution in [0.2, 0.25) is 5.02 Å². The third-order valence-electron chi connectivity index (χ3n) is 4.88. The number of nitrogens with zero attached hydrogens (tertiary/aromatic N) is 3. The second-order valence-corrected chi connectivity index (χ2v) is 8.96. The Bertz CT molecular complexity index is 897. The highest BCUT2D eigenvalue weighted by Gasteiger charge is 2.24. The quantitative estimate of drug-likeness (QED) is 0.550. The molecule has 1 aliphatic rings. The molecule has 1 aliphatic heterocycles. The number of thioether (sulfide) groups is 1. The molecule has 0 N–H and O–H groups in total. The Hall–Kier alpha value is -1.53. The number of hydrogen-bond acceptors (Lipinski definition) is 4. The number of fused-ring (bicyclic) bond motifs is 1. The van der Waals surface area contributed by atoms with E-state index in [1.54, 1.807) is 22.8 Å². The highest BCUT2D eigenvalue weighted by atomic mass is 35.5. The molecule has 0 saturated carbocycles. The molecule has 0 radical (unpaired) electrons. The average Bonchev–Trinajstić information content (AvgIpc) is 2.63. The summed E-state index contributed by atoms with van der Waals surface area (Å²) in [6, 6.07) is 5.45. The summed E-state index contributed by atoms with van der Waals surface area (Å²) in [4.78, 5) is 32.3. The fourth-order valence-electron chi connectivity index (χ4n) is 3.49. The molecule has 1 aromatic heterocycles. The second-order valence-electron chi connectivity index (χ2n) is 7.59. The molecular formula is C20H26ClN3O2S. The molecule has 2 heterocycles. The number of carbonyl (C=O) groups excluding carboxylic acids is 1. The third kappa shape index (κ3) is 4.66. The number of rotatable bonds is 5. The summed E-state index contributed by atoms with van der Waals surface area (Å²) >= 11 is 7.41. The van der Waals surface area contributed by atoms with Crippen LogP contribution >= 0.6 is 23.4 Å². The molecule has 1 aromatic carbocycles. The fourth-order valence-corrected chi connectivity index (χ4v) is 4.55. The van der Waals surface area contributed by atoms with Gasteiger partial charge in [0.1, 0.15) is 0 Å². The Kier molecular flexibility index (Phi) is 6.48. The van der Waals surface area contributed by atoms with E-state index in [0.717, 1.165) is 19.4 Å². The molecule has 0 spiro atoms. The number of aromatic nitrogens is 2. The first kappa shape index (κ1) is 20.2. The minimum Gasteiger partial charge on any atom is -0.339 e. The summed E-state index contributed by atoms with van der Waals surface area (Å²) in [6.45, 7) is 7.61. The summed E-state index contributed by atoms with van der Waals surface area (Å²) < 4.78 is 1.68. The van der Waals surface area contributed by atoms with Gasteiger partial charge >= 0.3 is 0 Å². The van der Waals surface area contributed by atoms with Crippen molar-refractivity contribution < 1.29 is 4.79 Å². The monoisotopic (exact) mass is 407 g/mol. The van der Waals surface area contributed by atoms with Crippen LogP contribution in [-0.2, 0) is 11.3 Å². The molecular weight excluding hydrogens is 382 g/mol. The minimum absolute atomic E-state index is 0.0995. The van der Waals surface area contributed by atoms with Gasteiger partial charge in [0.2, 0.25) is 5.91 Å². The molecule has 3 rings (SSSR count). The van der Waals surface area contributed by atoms with E-state index in [4.69, 9.17) is 11.6 Å². The van der Waals surface area contributed by atoms with Crippen LogP contribution in [0.5, 0.6) is 0 Å². The zero-order chi connectivity index (χ0) is 19.6. The Labute approximate surface area is 169 Å². The van der Waals surface area contributed by atoms with Gasteiger partial charge in [0.25, 0.3) is 5.56 Å². The van der Waals surface area contributed by atoms with E-state index in [9.17, 15) is 9.59 Å². The van der Waals surface area contributed by atoms with Crippen LogP contribution in [0.1, 0.15) is 40.0 Å². The van der Waals surface area contributed by atoms with Crippen LogP contribution in [0.15, 0.2) is 28.2 Å². The van der Waals surface area contributed by atoms with E-state index in [1.165, 1.54) is 18.2 Å². The molecule has 7 heteroatoms. The van der Waals surface area contributed by atoms with Gasteiger partial charge < -0.3 is 4.90 Å². The maximum Gasteiger partial charge on any atom is 0.262 e. The van der Waals surface area contributed by atoms with Gasteiger partial charge in [-0.15, -0.1) is 0 Å². The van der Waals surface area contributed by atoms with Crippen molar-refractivity contribution in [1.82, 2.24) is 14.5 Å². The first-order valence-corrected chi connectivity index (χ1v) is 10.9. The summed E-state index contributed by atoms with van der Waals surface area (Å²) in [6.07, 6.45) is 3.30. The van der Waals surface area contributed by atoms with Gasteiger partial charge in [-0.2, -0.15) is 0 Å². The van der Waals surface area contributed by atoms with Crippen molar-refractivity contribution in [1.29, 1.82) is 0 Å². The van der Waals surface area contributed by atoms with E-state index in [2.05, 4.69) is 25.8 Å². The van der Waals surface area contributed by atoms with Crippen LogP contribution < -0.4 is 5.56 Å². The minimum atomic E-state index is -0.0995. The lowest BCUT2D eigenvalue weighted by Gasteiger charge is -2.33. The molecule has 1 amide bonds. The Morgan fingerprint density at radius 2 is 2.15 bits per heavy atom. The SMILES string of the molecule is CC(C)Cn1c(SCC(=O)N2CCCC[C@H]2C)nc2ccc(Cl)cc2c1=O. The molecule has 1 atom stereocenters. The Balaban J connectivity index is 1.89. The summed E-state index contributed by atoms with van der Waals surface area (Å²) in [5, 5.41) is 1.64. The first-order valence-electron chi connectivity index (χ1n) is 9.49. The molecule has 2 aromatic rings. The number of benzene rings is 1. The zero-order valence-corrected chi connectivity index (χ0v) is 17.6. The van der Waals surface area contributed by atoms with E-state index in [0.29, 0.717) is 39.3 Å². The van der Waals surface area contributed by atoms with Crippen molar-refractivity contribution in [2.75, 3.05) is 12.3 Å². The fraction of sp³-hybridized carbons (Fsp3) is 0.550. The van der Waals surface area contributed by atoms with Crippen LogP contribution in [0, 0.1) is 5.92 Å². The first-order chi connectivity index (χ1) is 12.9. The number of halogens is 1. The smallest absolute Gasteiger partial charge is 0.262 e. The van der Waals surface area contributed by atoms with Crippen LogP contribution in [-0.4, -0.2) is 38.7 Å². The molecule has 1 saturated heterocycles. The molecule has 146 valence electrons. The predicted octanol–water partition coefficient (Wildman–Crippen LogP) is 4.20. The molecule has 0 unspecified atom stereocenters. The zero-order valence-electron chi connectivity index (χ0n) is 16.1. The van der Waals surface area contributed by atoms with E-state index in [1.807, 2.05) is 4.90 Å². The van der Waals surface area contributed by atoms with Crippen molar-refractivity contribution in [3.8, 4) is 0 Å². The van der Waals surface area contributed by atoms with Crippen molar-refractivity contribution in [2.45, 2.75) is 57.8 Å². The molecule has 5 nitrogen and oxygen atoms in total. The highest BCUT2D eigenvalue weighted by Crippen LogP contribution is 2.23. The lowest BCUT2D eigenvalue weighted by Crippen LogP contribution is -2.43.